The first-order valence-electron chi connectivity index (χ1n) is 5.99. The first-order valence-corrected chi connectivity index (χ1v) is 5.99. The maximum atomic E-state index is 10.0. The zero-order valence-corrected chi connectivity index (χ0v) is 8.71. The Balaban J connectivity index is 1.80. The van der Waals surface area contributed by atoms with Crippen LogP contribution in [0.5, 0.6) is 0 Å². The van der Waals surface area contributed by atoms with Crippen molar-refractivity contribution in [3.05, 3.63) is 0 Å². The minimum atomic E-state index is 0.0234. The molecule has 4 atom stereocenters. The van der Waals surface area contributed by atoms with Crippen molar-refractivity contribution in [3.63, 3.8) is 0 Å². The van der Waals surface area contributed by atoms with Crippen LogP contribution in [-0.2, 0) is 0 Å². The zero-order chi connectivity index (χ0) is 9.26. The highest BCUT2D eigenvalue weighted by molar-refractivity contribution is 4.92. The Hall–Kier alpha value is -0.0400. The minimum absolute atomic E-state index is 0.0234. The second-order valence-corrected chi connectivity index (χ2v) is 5.05. The zero-order valence-electron chi connectivity index (χ0n) is 8.71. The van der Waals surface area contributed by atoms with Gasteiger partial charge in [0.2, 0.25) is 0 Å². The van der Waals surface area contributed by atoms with Crippen LogP contribution in [0.4, 0.5) is 0 Å². The molecule has 2 bridgehead atoms. The molecule has 0 spiro atoms. The van der Waals surface area contributed by atoms with Crippen molar-refractivity contribution in [2.24, 2.45) is 17.8 Å². The van der Waals surface area contributed by atoms with Crippen molar-refractivity contribution >= 4 is 0 Å². The molecule has 76 valence electrons. The van der Waals surface area contributed by atoms with Crippen LogP contribution in [0.15, 0.2) is 0 Å². The Morgan fingerprint density at radius 1 is 1.31 bits per heavy atom. The second kappa shape index (κ2) is 4.00. The van der Waals surface area contributed by atoms with E-state index in [9.17, 15) is 5.11 Å². The summed E-state index contributed by atoms with van der Waals surface area (Å²) < 4.78 is 0. The number of hydrogen-bond donors (Lipinski definition) is 1. The molecule has 2 aliphatic carbocycles. The first-order chi connectivity index (χ1) is 6.31. The average molecular weight is 182 g/mol. The monoisotopic (exact) mass is 182 g/mol. The molecule has 0 radical (unpaired) electrons. The Labute approximate surface area is 81.5 Å². The molecule has 2 rings (SSSR count). The number of unbranched alkanes of at least 4 members (excludes halogenated alkanes) is 1. The van der Waals surface area contributed by atoms with Crippen LogP contribution < -0.4 is 0 Å². The molecule has 0 aromatic rings. The van der Waals surface area contributed by atoms with Gasteiger partial charge in [0.05, 0.1) is 6.10 Å². The van der Waals surface area contributed by atoms with Gasteiger partial charge in [0.25, 0.3) is 0 Å². The van der Waals surface area contributed by atoms with Gasteiger partial charge < -0.3 is 5.11 Å². The summed E-state index contributed by atoms with van der Waals surface area (Å²) >= 11 is 0. The molecule has 4 unspecified atom stereocenters. The van der Waals surface area contributed by atoms with Crippen LogP contribution in [0, 0.1) is 17.8 Å². The fourth-order valence-corrected chi connectivity index (χ4v) is 3.39. The lowest BCUT2D eigenvalue weighted by molar-refractivity contribution is 0.0657. The van der Waals surface area contributed by atoms with Gasteiger partial charge in [-0.15, -0.1) is 0 Å². The van der Waals surface area contributed by atoms with Gasteiger partial charge in [-0.1, -0.05) is 26.2 Å². The Kier molecular flexibility index (Phi) is 2.92. The fraction of sp³-hybridized carbons (Fsp3) is 1.00. The Morgan fingerprint density at radius 3 is 2.69 bits per heavy atom. The number of rotatable bonds is 4. The van der Waals surface area contributed by atoms with Crippen LogP contribution in [-0.4, -0.2) is 11.2 Å². The summed E-state index contributed by atoms with van der Waals surface area (Å²) in [6.07, 6.45) is 9.09. The van der Waals surface area contributed by atoms with E-state index >= 15 is 0 Å². The summed E-state index contributed by atoms with van der Waals surface area (Å²) in [7, 11) is 0. The normalized spacial score (nSPS) is 39.7. The van der Waals surface area contributed by atoms with Crippen LogP contribution in [0.25, 0.3) is 0 Å². The molecule has 2 fully saturated rings. The summed E-state index contributed by atoms with van der Waals surface area (Å²) in [6.45, 7) is 2.20. The molecule has 2 saturated carbocycles. The lowest BCUT2D eigenvalue weighted by Gasteiger charge is -2.26. The topological polar surface area (TPSA) is 20.2 Å². The molecule has 2 aliphatic rings. The van der Waals surface area contributed by atoms with Crippen LogP contribution in [0.3, 0.4) is 0 Å². The van der Waals surface area contributed by atoms with E-state index in [1.807, 2.05) is 0 Å². The van der Waals surface area contributed by atoms with E-state index in [1.165, 1.54) is 38.5 Å². The first kappa shape index (κ1) is 9.51. The predicted octanol–water partition coefficient (Wildman–Crippen LogP) is 2.97. The van der Waals surface area contributed by atoms with Gasteiger partial charge in [-0.05, 0) is 43.4 Å². The van der Waals surface area contributed by atoms with Gasteiger partial charge >= 0.3 is 0 Å². The van der Waals surface area contributed by atoms with E-state index in [4.69, 9.17) is 0 Å². The van der Waals surface area contributed by atoms with Crippen molar-refractivity contribution < 1.29 is 5.11 Å². The SMILES string of the molecule is CCCCC(O)C1CC2CCC1C2. The van der Waals surface area contributed by atoms with Gasteiger partial charge in [-0.25, -0.2) is 0 Å². The molecule has 0 aliphatic heterocycles. The van der Waals surface area contributed by atoms with E-state index in [0.717, 1.165) is 18.3 Å². The van der Waals surface area contributed by atoms with Gasteiger partial charge in [-0.2, -0.15) is 0 Å². The van der Waals surface area contributed by atoms with Crippen molar-refractivity contribution in [2.45, 2.75) is 58.0 Å². The molecule has 1 nitrogen and oxygen atoms in total. The minimum Gasteiger partial charge on any atom is -0.393 e. The van der Waals surface area contributed by atoms with Crippen molar-refractivity contribution in [1.82, 2.24) is 0 Å². The molecule has 1 heteroatoms. The van der Waals surface area contributed by atoms with Gasteiger partial charge in [0.1, 0.15) is 0 Å². The molecule has 13 heavy (non-hydrogen) atoms. The van der Waals surface area contributed by atoms with Crippen molar-refractivity contribution in [3.8, 4) is 0 Å². The molecule has 0 saturated heterocycles. The summed E-state index contributed by atoms with van der Waals surface area (Å²) in [5.74, 6) is 2.54. The summed E-state index contributed by atoms with van der Waals surface area (Å²) in [5.41, 5.74) is 0. The Morgan fingerprint density at radius 2 is 2.15 bits per heavy atom. The quantitative estimate of drug-likeness (QED) is 0.708. The molecule has 0 aromatic heterocycles. The van der Waals surface area contributed by atoms with E-state index < -0.39 is 0 Å². The molecule has 1 N–H and O–H groups in total. The lowest BCUT2D eigenvalue weighted by atomic mass is 9.83. The maximum absolute atomic E-state index is 10.0. The molecule has 0 amide bonds. The van der Waals surface area contributed by atoms with Gasteiger partial charge in [-0.3, -0.25) is 0 Å². The van der Waals surface area contributed by atoms with E-state index in [2.05, 4.69) is 6.92 Å². The Bertz CT molecular complexity index is 167. The third kappa shape index (κ3) is 1.90. The standard InChI is InChI=1S/C12H22O/c1-2-3-4-12(13)11-8-9-5-6-10(11)7-9/h9-13H,2-8H2,1H3. The molecule has 0 heterocycles. The highest BCUT2D eigenvalue weighted by Gasteiger charge is 2.42. The summed E-state index contributed by atoms with van der Waals surface area (Å²) in [6, 6.07) is 0. The fourth-order valence-electron chi connectivity index (χ4n) is 3.39. The van der Waals surface area contributed by atoms with E-state index in [-0.39, 0.29) is 6.10 Å². The van der Waals surface area contributed by atoms with Crippen LogP contribution >= 0.6 is 0 Å². The number of hydrogen-bond acceptors (Lipinski definition) is 1. The van der Waals surface area contributed by atoms with Crippen LogP contribution in [0.2, 0.25) is 0 Å². The van der Waals surface area contributed by atoms with Crippen molar-refractivity contribution in [1.29, 1.82) is 0 Å². The summed E-state index contributed by atoms with van der Waals surface area (Å²) in [4.78, 5) is 0. The molecular weight excluding hydrogens is 160 g/mol. The summed E-state index contributed by atoms with van der Waals surface area (Å²) in [5, 5.41) is 10.0. The largest absolute Gasteiger partial charge is 0.393 e. The van der Waals surface area contributed by atoms with Gasteiger partial charge in [0.15, 0.2) is 0 Å². The second-order valence-electron chi connectivity index (χ2n) is 5.05. The third-order valence-electron chi connectivity index (χ3n) is 4.14. The average Bonchev–Trinajstić information content (AvgIpc) is 2.74. The van der Waals surface area contributed by atoms with E-state index in [1.54, 1.807) is 0 Å². The number of fused-ring (bicyclic) bond motifs is 2. The lowest BCUT2D eigenvalue weighted by Crippen LogP contribution is -2.25. The smallest absolute Gasteiger partial charge is 0.0571 e. The predicted molar refractivity (Wildman–Crippen MR) is 54.5 cm³/mol. The van der Waals surface area contributed by atoms with Crippen molar-refractivity contribution in [2.75, 3.05) is 0 Å². The van der Waals surface area contributed by atoms with Gasteiger partial charge in [0, 0.05) is 0 Å². The third-order valence-corrected chi connectivity index (χ3v) is 4.14. The number of aliphatic hydroxyl groups is 1. The van der Waals surface area contributed by atoms with Crippen LogP contribution in [0.1, 0.15) is 51.9 Å². The highest BCUT2D eigenvalue weighted by atomic mass is 16.3. The molecule has 0 aromatic carbocycles. The maximum Gasteiger partial charge on any atom is 0.0571 e. The number of aliphatic hydroxyl groups excluding tert-OH is 1. The molecular formula is C12H22O. The highest BCUT2D eigenvalue weighted by Crippen LogP contribution is 2.50. The van der Waals surface area contributed by atoms with E-state index in [0.29, 0.717) is 5.92 Å².